The summed E-state index contributed by atoms with van der Waals surface area (Å²) in [6.07, 6.45) is -4.48. The predicted octanol–water partition coefficient (Wildman–Crippen LogP) is 0.120. The van der Waals surface area contributed by atoms with E-state index in [9.17, 15) is 41.3 Å². The third-order valence-electron chi connectivity index (χ3n) is 2.77. The Labute approximate surface area is 129 Å². The van der Waals surface area contributed by atoms with Gasteiger partial charge in [0.15, 0.2) is 0 Å². The first-order valence-electron chi connectivity index (χ1n) is 5.84. The molecule has 1 aromatic carbocycles. The monoisotopic (exact) mass is 368 g/mol. The number of H-pyrrole nitrogens is 1. The molecule has 2 rings (SSSR count). The van der Waals surface area contributed by atoms with Gasteiger partial charge in [0.05, 0.1) is 22.1 Å². The quantitative estimate of drug-likeness (QED) is 0.582. The molecule has 24 heavy (non-hydrogen) atoms. The van der Waals surface area contributed by atoms with Gasteiger partial charge in [0, 0.05) is 6.07 Å². The molecular formula is C10H7F3N4O6S. The van der Waals surface area contributed by atoms with Crippen LogP contribution in [0.1, 0.15) is 5.56 Å². The number of hydrogen-bond acceptors (Lipinski definition) is 6. The molecule has 0 bridgehead atoms. The lowest BCUT2D eigenvalue weighted by Crippen LogP contribution is -2.43. The second-order valence-electron chi connectivity index (χ2n) is 4.60. The van der Waals surface area contributed by atoms with Crippen LogP contribution in [-0.4, -0.2) is 29.3 Å². The molecule has 0 saturated heterocycles. The molecule has 1 aromatic heterocycles. The van der Waals surface area contributed by atoms with Gasteiger partial charge < -0.3 is 4.98 Å². The van der Waals surface area contributed by atoms with Crippen LogP contribution in [0, 0.1) is 10.1 Å². The summed E-state index contributed by atoms with van der Waals surface area (Å²) in [5.74, 6) is 0. The van der Waals surface area contributed by atoms with Gasteiger partial charge in [0.25, 0.3) is 11.2 Å². The molecule has 14 heteroatoms. The number of hydrogen-bond donors (Lipinski definition) is 2. The largest absolute Gasteiger partial charge is 0.423 e. The molecule has 0 unspecified atom stereocenters. The maximum absolute atomic E-state index is 12.9. The van der Waals surface area contributed by atoms with Gasteiger partial charge in [-0.2, -0.15) is 17.8 Å². The average molecular weight is 368 g/mol. The Morgan fingerprint density at radius 3 is 2.33 bits per heavy atom. The van der Waals surface area contributed by atoms with E-state index in [0.717, 1.165) is 0 Å². The van der Waals surface area contributed by atoms with Crippen molar-refractivity contribution in [3.8, 4) is 0 Å². The number of alkyl halides is 3. The summed E-state index contributed by atoms with van der Waals surface area (Å²) in [5, 5.41) is 10.1. The lowest BCUT2D eigenvalue weighted by molar-refractivity contribution is -0.387. The van der Waals surface area contributed by atoms with Gasteiger partial charge in [-0.05, 0) is 6.07 Å². The molecule has 1 heterocycles. The van der Waals surface area contributed by atoms with Gasteiger partial charge in [0.1, 0.15) is 5.56 Å². The van der Waals surface area contributed by atoms with E-state index in [1.165, 1.54) is 0 Å². The van der Waals surface area contributed by atoms with E-state index in [4.69, 9.17) is 0 Å². The van der Waals surface area contributed by atoms with Gasteiger partial charge in [-0.15, -0.1) is 0 Å². The van der Waals surface area contributed by atoms with E-state index in [0.29, 0.717) is 12.3 Å². The average Bonchev–Trinajstić information content (AvgIpc) is 2.40. The molecule has 0 saturated carbocycles. The molecule has 130 valence electrons. The van der Waals surface area contributed by atoms with Crippen LogP contribution in [0.4, 0.5) is 18.9 Å². The van der Waals surface area contributed by atoms with Crippen molar-refractivity contribution in [2.75, 3.05) is 11.1 Å². The summed E-state index contributed by atoms with van der Waals surface area (Å²) < 4.78 is 60.8. The molecule has 0 atom stereocenters. The number of rotatable bonds is 3. The van der Waals surface area contributed by atoms with Gasteiger partial charge in [0.2, 0.25) is 10.0 Å². The summed E-state index contributed by atoms with van der Waals surface area (Å²) in [4.78, 5) is 36.6. The number of nitrogens with zero attached hydrogens (tertiary/aromatic N) is 2. The van der Waals surface area contributed by atoms with Crippen LogP contribution in [0.5, 0.6) is 0 Å². The second kappa shape index (κ2) is 5.33. The number of aromatic nitrogens is 2. The predicted molar refractivity (Wildman–Crippen MR) is 74.7 cm³/mol. The fraction of sp³-hybridized carbons (Fsp3) is 0.200. The van der Waals surface area contributed by atoms with Crippen LogP contribution in [0.25, 0.3) is 10.9 Å². The van der Waals surface area contributed by atoms with Crippen LogP contribution in [0.2, 0.25) is 0 Å². The van der Waals surface area contributed by atoms with Gasteiger partial charge in [-0.3, -0.25) is 14.9 Å². The van der Waals surface area contributed by atoms with Crippen molar-refractivity contribution in [3.63, 3.8) is 0 Å². The summed E-state index contributed by atoms with van der Waals surface area (Å²) in [5.41, 5.74) is -6.43. The topological polar surface area (TPSA) is 144 Å². The minimum Gasteiger partial charge on any atom is -0.305 e. The minimum atomic E-state index is -5.10. The number of fused-ring (bicyclic) bond motifs is 1. The van der Waals surface area contributed by atoms with E-state index >= 15 is 0 Å². The highest BCUT2D eigenvalue weighted by molar-refractivity contribution is 7.91. The number of nitro benzene ring substituents is 1. The Kier molecular flexibility index (Phi) is 3.87. The fourth-order valence-corrected chi connectivity index (χ4v) is 2.38. The first-order chi connectivity index (χ1) is 10.8. The van der Waals surface area contributed by atoms with Crippen molar-refractivity contribution in [2.45, 2.75) is 6.18 Å². The van der Waals surface area contributed by atoms with Crippen molar-refractivity contribution >= 4 is 26.6 Å². The maximum atomic E-state index is 12.9. The third kappa shape index (κ3) is 3.22. The van der Waals surface area contributed by atoms with Crippen LogP contribution >= 0.6 is 0 Å². The number of sulfonamides is 1. The summed E-state index contributed by atoms with van der Waals surface area (Å²) >= 11 is 0. The van der Waals surface area contributed by atoms with Crippen molar-refractivity contribution in [3.05, 3.63) is 48.6 Å². The van der Waals surface area contributed by atoms with Crippen molar-refractivity contribution in [1.82, 2.24) is 9.66 Å². The van der Waals surface area contributed by atoms with Crippen LogP contribution in [-0.2, 0) is 16.2 Å². The van der Waals surface area contributed by atoms with Crippen LogP contribution < -0.4 is 16.1 Å². The highest BCUT2D eigenvalue weighted by Crippen LogP contribution is 2.37. The first-order valence-corrected chi connectivity index (χ1v) is 7.73. The van der Waals surface area contributed by atoms with Crippen molar-refractivity contribution in [2.24, 2.45) is 0 Å². The molecule has 0 spiro atoms. The SMILES string of the molecule is CS(=O)(=O)Nn1c(=O)[nH]c2cc(C(F)(F)F)c([N+](=O)[O-])cc2c1=O. The Morgan fingerprint density at radius 2 is 1.88 bits per heavy atom. The molecule has 2 aromatic rings. The maximum Gasteiger partial charge on any atom is 0.423 e. The Bertz CT molecular complexity index is 1070. The van der Waals surface area contributed by atoms with Crippen LogP contribution in [0.15, 0.2) is 21.7 Å². The first kappa shape index (κ1) is 17.5. The highest BCUT2D eigenvalue weighted by atomic mass is 32.2. The normalized spacial score (nSPS) is 12.3. The van der Waals surface area contributed by atoms with E-state index in [1.807, 2.05) is 4.98 Å². The van der Waals surface area contributed by atoms with Crippen LogP contribution in [0.3, 0.4) is 0 Å². The lowest BCUT2D eigenvalue weighted by atomic mass is 10.1. The summed E-state index contributed by atoms with van der Waals surface area (Å²) in [6, 6.07) is 0.554. The van der Waals surface area contributed by atoms with E-state index in [2.05, 4.69) is 0 Å². The highest BCUT2D eigenvalue weighted by Gasteiger charge is 2.39. The zero-order valence-electron chi connectivity index (χ0n) is 11.5. The van der Waals surface area contributed by atoms with E-state index in [-0.39, 0.29) is 10.7 Å². The van der Waals surface area contributed by atoms with E-state index in [1.54, 1.807) is 4.83 Å². The van der Waals surface area contributed by atoms with E-state index < -0.39 is 54.5 Å². The fourth-order valence-electron chi connectivity index (χ4n) is 1.88. The minimum absolute atomic E-state index is 0.0192. The standard InChI is InChI=1S/C10H7F3N4O6S/c1-24(22,23)15-16-8(18)4-2-7(17(20)21)5(10(11,12)13)3-6(4)14-9(16)19/h2-3,15H,1H3,(H,14,19). The Hall–Kier alpha value is -2.90. The number of halogens is 3. The Balaban J connectivity index is 2.93. The zero-order chi connectivity index (χ0) is 18.4. The third-order valence-corrected chi connectivity index (χ3v) is 3.29. The molecule has 0 fully saturated rings. The second-order valence-corrected chi connectivity index (χ2v) is 6.33. The van der Waals surface area contributed by atoms with Gasteiger partial charge in [-0.1, -0.05) is 0 Å². The number of aromatic amines is 1. The smallest absolute Gasteiger partial charge is 0.305 e. The molecule has 0 radical (unpaired) electrons. The molecular weight excluding hydrogens is 361 g/mol. The summed E-state index contributed by atoms with van der Waals surface area (Å²) in [7, 11) is -4.07. The molecule has 0 aliphatic rings. The number of nitro groups is 1. The van der Waals surface area contributed by atoms with Crippen molar-refractivity contribution in [1.29, 1.82) is 0 Å². The molecule has 0 aliphatic heterocycles. The molecule has 2 N–H and O–H groups in total. The zero-order valence-corrected chi connectivity index (χ0v) is 12.4. The lowest BCUT2D eigenvalue weighted by Gasteiger charge is -2.10. The van der Waals surface area contributed by atoms with Gasteiger partial charge in [-0.25, -0.2) is 18.0 Å². The molecule has 0 amide bonds. The summed E-state index contributed by atoms with van der Waals surface area (Å²) in [6.45, 7) is 0. The molecule has 10 nitrogen and oxygen atoms in total. The Morgan fingerprint density at radius 1 is 1.29 bits per heavy atom. The van der Waals surface area contributed by atoms with Crippen molar-refractivity contribution < 1.29 is 26.5 Å². The number of nitrogens with one attached hydrogen (secondary N) is 2. The molecule has 0 aliphatic carbocycles. The number of benzene rings is 1. The van der Waals surface area contributed by atoms with Gasteiger partial charge >= 0.3 is 11.9 Å².